The molecular weight excluding hydrogens is 306 g/mol. The van der Waals surface area contributed by atoms with Crippen molar-refractivity contribution in [3.05, 3.63) is 16.0 Å². The average molecular weight is 328 g/mol. The zero-order valence-corrected chi connectivity index (χ0v) is 13.5. The van der Waals surface area contributed by atoms with Gasteiger partial charge in [-0.05, 0) is 48.0 Å². The monoisotopic (exact) mass is 327 g/mol. The lowest BCUT2D eigenvalue weighted by Gasteiger charge is -2.27. The van der Waals surface area contributed by atoms with Crippen molar-refractivity contribution < 1.29 is 4.74 Å². The van der Waals surface area contributed by atoms with E-state index in [9.17, 15) is 0 Å². The summed E-state index contributed by atoms with van der Waals surface area (Å²) in [6, 6.07) is 0. The first-order chi connectivity index (χ1) is 9.16. The molecule has 1 aliphatic rings. The maximum Gasteiger partial charge on any atom is 0.162 e. The average Bonchev–Trinajstić information content (AvgIpc) is 2.91. The molecule has 106 valence electrons. The van der Waals surface area contributed by atoms with E-state index in [1.54, 1.807) is 7.11 Å². The lowest BCUT2D eigenvalue weighted by Crippen LogP contribution is -2.28. The van der Waals surface area contributed by atoms with Crippen molar-refractivity contribution in [1.29, 1.82) is 0 Å². The smallest absolute Gasteiger partial charge is 0.162 e. The zero-order valence-electron chi connectivity index (χ0n) is 11.9. The highest BCUT2D eigenvalue weighted by atomic mass is 79.9. The zero-order chi connectivity index (χ0) is 13.9. The van der Waals surface area contributed by atoms with Crippen LogP contribution in [0.15, 0.2) is 4.47 Å². The van der Waals surface area contributed by atoms with Crippen LogP contribution in [-0.2, 0) is 16.8 Å². The number of anilines is 1. The van der Waals surface area contributed by atoms with Crippen LogP contribution in [-0.4, -0.2) is 24.1 Å². The normalized spacial score (nSPS) is 17.7. The van der Waals surface area contributed by atoms with Gasteiger partial charge in [-0.2, -0.15) is 0 Å². The van der Waals surface area contributed by atoms with Crippen LogP contribution in [0.25, 0.3) is 0 Å². The van der Waals surface area contributed by atoms with Gasteiger partial charge in [0.05, 0.1) is 10.2 Å². The van der Waals surface area contributed by atoms with Crippen molar-refractivity contribution in [2.75, 3.05) is 19.5 Å². The Morgan fingerprint density at radius 3 is 2.53 bits per heavy atom. The summed E-state index contributed by atoms with van der Waals surface area (Å²) in [5, 5.41) is 3.15. The van der Waals surface area contributed by atoms with E-state index in [1.165, 1.54) is 12.8 Å². The molecule has 1 aliphatic carbocycles. The minimum absolute atomic E-state index is 0.283. The molecule has 1 fully saturated rings. The maximum atomic E-state index is 5.79. The van der Waals surface area contributed by atoms with Gasteiger partial charge in [0.25, 0.3) is 0 Å². The molecule has 0 bridgehead atoms. The number of rotatable bonds is 5. The van der Waals surface area contributed by atoms with Crippen molar-refractivity contribution in [2.24, 2.45) is 0 Å². The standard InChI is InChI=1S/C14H22BrN3O/c1-4-7-10-11(15)12(16-2)18-13(17-10)14(19-3)8-5-6-9-14/h4-9H2,1-3H3,(H,16,17,18). The summed E-state index contributed by atoms with van der Waals surface area (Å²) in [4.78, 5) is 9.44. The van der Waals surface area contributed by atoms with E-state index < -0.39 is 0 Å². The van der Waals surface area contributed by atoms with Gasteiger partial charge in [0.1, 0.15) is 11.4 Å². The van der Waals surface area contributed by atoms with Gasteiger partial charge in [-0.15, -0.1) is 0 Å². The number of ether oxygens (including phenoxy) is 1. The number of aromatic nitrogens is 2. The fourth-order valence-corrected chi connectivity index (χ4v) is 3.30. The molecule has 0 unspecified atom stereocenters. The molecule has 1 aromatic heterocycles. The van der Waals surface area contributed by atoms with Gasteiger partial charge < -0.3 is 10.1 Å². The SMILES string of the molecule is CCCc1nc(C2(OC)CCCC2)nc(NC)c1Br. The van der Waals surface area contributed by atoms with Crippen molar-refractivity contribution in [3.63, 3.8) is 0 Å². The van der Waals surface area contributed by atoms with Crippen molar-refractivity contribution in [3.8, 4) is 0 Å². The Morgan fingerprint density at radius 2 is 2.00 bits per heavy atom. The van der Waals surface area contributed by atoms with Crippen LogP contribution in [0.1, 0.15) is 50.5 Å². The molecule has 5 heteroatoms. The lowest BCUT2D eigenvalue weighted by atomic mass is 10.0. The Kier molecular flexibility index (Phi) is 4.79. The van der Waals surface area contributed by atoms with Crippen molar-refractivity contribution in [1.82, 2.24) is 9.97 Å². The second-order valence-corrected chi connectivity index (χ2v) is 5.86. The first-order valence-corrected chi connectivity index (χ1v) is 7.76. The van der Waals surface area contributed by atoms with Gasteiger partial charge in [0.15, 0.2) is 5.82 Å². The third kappa shape index (κ3) is 2.77. The van der Waals surface area contributed by atoms with Gasteiger partial charge in [0, 0.05) is 14.2 Å². The summed E-state index contributed by atoms with van der Waals surface area (Å²) in [5.41, 5.74) is 0.787. The number of nitrogens with one attached hydrogen (secondary N) is 1. The van der Waals surface area contributed by atoms with E-state index in [-0.39, 0.29) is 5.60 Å². The summed E-state index contributed by atoms with van der Waals surface area (Å²) in [7, 11) is 3.66. The topological polar surface area (TPSA) is 47.0 Å². The Bertz CT molecular complexity index is 445. The predicted molar refractivity (Wildman–Crippen MR) is 80.4 cm³/mol. The van der Waals surface area contributed by atoms with Gasteiger partial charge in [-0.1, -0.05) is 13.3 Å². The molecule has 4 nitrogen and oxygen atoms in total. The van der Waals surface area contributed by atoms with Crippen LogP contribution >= 0.6 is 15.9 Å². The number of hydrogen-bond donors (Lipinski definition) is 1. The number of hydrogen-bond acceptors (Lipinski definition) is 4. The minimum atomic E-state index is -0.283. The Morgan fingerprint density at radius 1 is 1.32 bits per heavy atom. The predicted octanol–water partition coefficient (Wildman–Crippen LogP) is 3.65. The second-order valence-electron chi connectivity index (χ2n) is 5.06. The third-order valence-electron chi connectivity index (χ3n) is 3.85. The molecule has 0 atom stereocenters. The molecule has 1 heterocycles. The lowest BCUT2D eigenvalue weighted by molar-refractivity contribution is -0.0163. The van der Waals surface area contributed by atoms with E-state index >= 15 is 0 Å². The number of methoxy groups -OCH3 is 1. The molecule has 1 saturated carbocycles. The molecule has 0 saturated heterocycles. The van der Waals surface area contributed by atoms with Crippen LogP contribution in [0.3, 0.4) is 0 Å². The fourth-order valence-electron chi connectivity index (χ4n) is 2.73. The van der Waals surface area contributed by atoms with Crippen LogP contribution < -0.4 is 5.32 Å². The summed E-state index contributed by atoms with van der Waals surface area (Å²) < 4.78 is 6.77. The molecule has 0 amide bonds. The largest absolute Gasteiger partial charge is 0.372 e. The Labute approximate surface area is 123 Å². The van der Waals surface area contributed by atoms with Crippen LogP contribution in [0.4, 0.5) is 5.82 Å². The molecule has 0 radical (unpaired) electrons. The Hall–Kier alpha value is -0.680. The van der Waals surface area contributed by atoms with Crippen LogP contribution in [0.2, 0.25) is 0 Å². The molecule has 0 aliphatic heterocycles. The summed E-state index contributed by atoms with van der Waals surface area (Å²) in [6.45, 7) is 2.16. The van der Waals surface area contributed by atoms with Crippen molar-refractivity contribution in [2.45, 2.75) is 51.0 Å². The highest BCUT2D eigenvalue weighted by Gasteiger charge is 2.39. The number of halogens is 1. The third-order valence-corrected chi connectivity index (χ3v) is 4.69. The second kappa shape index (κ2) is 6.18. The molecule has 1 aromatic rings. The molecule has 2 rings (SSSR count). The quantitative estimate of drug-likeness (QED) is 0.896. The van der Waals surface area contributed by atoms with E-state index in [4.69, 9.17) is 9.72 Å². The van der Waals surface area contributed by atoms with Crippen LogP contribution in [0.5, 0.6) is 0 Å². The highest BCUT2D eigenvalue weighted by molar-refractivity contribution is 9.10. The summed E-state index contributed by atoms with van der Waals surface area (Å²) in [5.74, 6) is 1.69. The molecule has 19 heavy (non-hydrogen) atoms. The van der Waals surface area contributed by atoms with E-state index in [2.05, 4.69) is 33.2 Å². The summed E-state index contributed by atoms with van der Waals surface area (Å²) >= 11 is 3.60. The molecular formula is C14H22BrN3O. The van der Waals surface area contributed by atoms with E-state index in [0.717, 1.165) is 47.5 Å². The highest BCUT2D eigenvalue weighted by Crippen LogP contribution is 2.41. The maximum absolute atomic E-state index is 5.79. The minimum Gasteiger partial charge on any atom is -0.372 e. The Balaban J connectivity index is 2.47. The molecule has 0 aromatic carbocycles. The first-order valence-electron chi connectivity index (χ1n) is 6.96. The summed E-state index contributed by atoms with van der Waals surface area (Å²) in [6.07, 6.45) is 6.42. The van der Waals surface area contributed by atoms with E-state index in [0.29, 0.717) is 0 Å². The van der Waals surface area contributed by atoms with Gasteiger partial charge in [-0.3, -0.25) is 0 Å². The first kappa shape index (κ1) is 14.7. The fraction of sp³-hybridized carbons (Fsp3) is 0.714. The van der Waals surface area contributed by atoms with E-state index in [1.807, 2.05) is 7.05 Å². The number of nitrogens with zero attached hydrogens (tertiary/aromatic N) is 2. The molecule has 1 N–H and O–H groups in total. The van der Waals surface area contributed by atoms with Gasteiger partial charge >= 0.3 is 0 Å². The molecule has 0 spiro atoms. The van der Waals surface area contributed by atoms with Crippen LogP contribution in [0, 0.1) is 0 Å². The number of aryl methyl sites for hydroxylation is 1. The van der Waals surface area contributed by atoms with Gasteiger partial charge in [-0.25, -0.2) is 9.97 Å². The van der Waals surface area contributed by atoms with Crippen molar-refractivity contribution >= 4 is 21.7 Å². The van der Waals surface area contributed by atoms with Gasteiger partial charge in [0.2, 0.25) is 0 Å².